The quantitative estimate of drug-likeness (QED) is 0.875. The molecule has 6 heteroatoms. The molecule has 4 nitrogen and oxygen atoms in total. The van der Waals surface area contributed by atoms with Crippen molar-refractivity contribution in [2.75, 3.05) is 23.8 Å². The first kappa shape index (κ1) is 16.4. The van der Waals surface area contributed by atoms with Crippen LogP contribution in [0.4, 0.5) is 20.2 Å². The molecular formula is C18H18F2N2O2. The van der Waals surface area contributed by atoms with Crippen LogP contribution in [0.25, 0.3) is 0 Å². The number of nitrogens with one attached hydrogen (secondary N) is 2. The van der Waals surface area contributed by atoms with Crippen LogP contribution in [0.5, 0.6) is 0 Å². The molecule has 1 aliphatic rings. The topological polar surface area (TPSA) is 50.4 Å². The number of carbonyl (C=O) groups excluding carboxylic acids is 1. The first-order chi connectivity index (χ1) is 11.6. The molecule has 0 radical (unpaired) electrons. The Morgan fingerprint density at radius 3 is 2.71 bits per heavy atom. The van der Waals surface area contributed by atoms with E-state index in [1.165, 1.54) is 24.3 Å². The van der Waals surface area contributed by atoms with Crippen molar-refractivity contribution in [1.82, 2.24) is 0 Å². The van der Waals surface area contributed by atoms with E-state index in [0.717, 1.165) is 19.4 Å². The zero-order chi connectivity index (χ0) is 16.9. The summed E-state index contributed by atoms with van der Waals surface area (Å²) in [6.07, 6.45) is 2.09. The van der Waals surface area contributed by atoms with Crippen LogP contribution >= 0.6 is 0 Å². The number of hydrogen-bond acceptors (Lipinski definition) is 3. The van der Waals surface area contributed by atoms with Crippen LogP contribution in [0, 0.1) is 11.6 Å². The molecule has 126 valence electrons. The minimum atomic E-state index is -0.620. The lowest BCUT2D eigenvalue weighted by Crippen LogP contribution is -2.19. The Kier molecular flexibility index (Phi) is 5.05. The van der Waals surface area contributed by atoms with E-state index >= 15 is 0 Å². The molecule has 0 saturated carbocycles. The summed E-state index contributed by atoms with van der Waals surface area (Å²) in [5.74, 6) is -1.72. The minimum Gasteiger partial charge on any atom is -0.380 e. The number of ether oxygens (including phenoxy) is 1. The Bertz CT molecular complexity index is 731. The fourth-order valence-electron chi connectivity index (χ4n) is 2.61. The van der Waals surface area contributed by atoms with Crippen LogP contribution in [-0.2, 0) is 4.74 Å². The average Bonchev–Trinajstić information content (AvgIpc) is 3.08. The van der Waals surface area contributed by atoms with Crippen molar-refractivity contribution >= 4 is 17.3 Å². The molecule has 1 heterocycles. The molecule has 2 aromatic carbocycles. The predicted molar refractivity (Wildman–Crippen MR) is 88.2 cm³/mol. The Labute approximate surface area is 138 Å². The van der Waals surface area contributed by atoms with Crippen molar-refractivity contribution < 1.29 is 18.3 Å². The molecule has 24 heavy (non-hydrogen) atoms. The molecule has 0 unspecified atom stereocenters. The standard InChI is InChI=1S/C18H18F2N2O2/c19-15-6-2-1-5-14(15)18(23)22-12-7-8-17(16(20)10-12)21-11-13-4-3-9-24-13/h1-2,5-8,10,13,21H,3-4,9,11H2,(H,22,23)/t13-/m0/s1. The number of rotatable bonds is 5. The summed E-state index contributed by atoms with van der Waals surface area (Å²) in [6.45, 7) is 1.29. The highest BCUT2D eigenvalue weighted by atomic mass is 19.1. The number of hydrogen-bond donors (Lipinski definition) is 2. The van der Waals surface area contributed by atoms with E-state index < -0.39 is 17.5 Å². The Hall–Kier alpha value is -2.47. The zero-order valence-corrected chi connectivity index (χ0v) is 13.0. The van der Waals surface area contributed by atoms with E-state index in [0.29, 0.717) is 12.2 Å². The van der Waals surface area contributed by atoms with Gasteiger partial charge in [-0.25, -0.2) is 8.78 Å². The maximum absolute atomic E-state index is 14.1. The summed E-state index contributed by atoms with van der Waals surface area (Å²) in [6, 6.07) is 9.96. The maximum Gasteiger partial charge on any atom is 0.258 e. The largest absolute Gasteiger partial charge is 0.380 e. The lowest BCUT2D eigenvalue weighted by atomic mass is 10.2. The zero-order valence-electron chi connectivity index (χ0n) is 13.0. The second-order valence-electron chi connectivity index (χ2n) is 5.64. The molecule has 0 aliphatic carbocycles. The van der Waals surface area contributed by atoms with Crippen molar-refractivity contribution in [3.05, 3.63) is 59.7 Å². The van der Waals surface area contributed by atoms with Gasteiger partial charge in [0, 0.05) is 18.8 Å². The molecule has 0 aromatic heterocycles. The molecule has 1 amide bonds. The third kappa shape index (κ3) is 3.89. The first-order valence-corrected chi connectivity index (χ1v) is 7.84. The van der Waals surface area contributed by atoms with E-state index in [1.54, 1.807) is 18.2 Å². The molecule has 1 aliphatic heterocycles. The first-order valence-electron chi connectivity index (χ1n) is 7.84. The highest BCUT2D eigenvalue weighted by Crippen LogP contribution is 2.21. The van der Waals surface area contributed by atoms with Gasteiger partial charge in [0.05, 0.1) is 17.4 Å². The Balaban J connectivity index is 1.63. The highest BCUT2D eigenvalue weighted by molar-refractivity contribution is 6.04. The maximum atomic E-state index is 14.1. The molecule has 1 atom stereocenters. The van der Waals surface area contributed by atoms with Crippen LogP contribution in [0.15, 0.2) is 42.5 Å². The van der Waals surface area contributed by atoms with Crippen LogP contribution < -0.4 is 10.6 Å². The SMILES string of the molecule is O=C(Nc1ccc(NC[C@@H]2CCCO2)c(F)c1)c1ccccc1F. The molecule has 1 fully saturated rings. The van der Waals surface area contributed by atoms with Crippen LogP contribution in [0.1, 0.15) is 23.2 Å². The third-order valence-electron chi connectivity index (χ3n) is 3.89. The molecule has 2 N–H and O–H groups in total. The summed E-state index contributed by atoms with van der Waals surface area (Å²) < 4.78 is 33.2. The third-order valence-corrected chi connectivity index (χ3v) is 3.89. The van der Waals surface area contributed by atoms with Gasteiger partial charge in [-0.3, -0.25) is 4.79 Å². The summed E-state index contributed by atoms with van der Waals surface area (Å²) in [7, 11) is 0. The highest BCUT2D eigenvalue weighted by Gasteiger charge is 2.16. The number of benzene rings is 2. The van der Waals surface area contributed by atoms with Crippen LogP contribution in [0.3, 0.4) is 0 Å². The van der Waals surface area contributed by atoms with Gasteiger partial charge >= 0.3 is 0 Å². The fraction of sp³-hybridized carbons (Fsp3) is 0.278. The fourth-order valence-corrected chi connectivity index (χ4v) is 2.61. The van der Waals surface area contributed by atoms with Gasteiger partial charge in [-0.15, -0.1) is 0 Å². The van der Waals surface area contributed by atoms with Gasteiger partial charge in [-0.2, -0.15) is 0 Å². The second-order valence-corrected chi connectivity index (χ2v) is 5.64. The van der Waals surface area contributed by atoms with E-state index in [4.69, 9.17) is 4.74 Å². The lowest BCUT2D eigenvalue weighted by Gasteiger charge is -2.13. The predicted octanol–water partition coefficient (Wildman–Crippen LogP) is 3.81. The van der Waals surface area contributed by atoms with Crippen LogP contribution in [-0.4, -0.2) is 25.2 Å². The molecule has 2 aromatic rings. The van der Waals surface area contributed by atoms with Crippen molar-refractivity contribution in [1.29, 1.82) is 0 Å². The van der Waals surface area contributed by atoms with Crippen LogP contribution in [0.2, 0.25) is 0 Å². The monoisotopic (exact) mass is 332 g/mol. The summed E-state index contributed by atoms with van der Waals surface area (Å²) in [5, 5.41) is 5.50. The minimum absolute atomic E-state index is 0.0847. The molecule has 3 rings (SSSR count). The van der Waals surface area contributed by atoms with E-state index in [-0.39, 0.29) is 17.4 Å². The van der Waals surface area contributed by atoms with Gasteiger partial charge in [0.2, 0.25) is 0 Å². The summed E-state index contributed by atoms with van der Waals surface area (Å²) in [4.78, 5) is 12.0. The second kappa shape index (κ2) is 7.40. The van der Waals surface area contributed by atoms with Gasteiger partial charge in [-0.05, 0) is 43.2 Å². The molecule has 1 saturated heterocycles. The average molecular weight is 332 g/mol. The Morgan fingerprint density at radius 2 is 2.00 bits per heavy atom. The van der Waals surface area contributed by atoms with Gasteiger partial charge < -0.3 is 15.4 Å². The Morgan fingerprint density at radius 1 is 1.17 bits per heavy atom. The van der Waals surface area contributed by atoms with Crippen molar-refractivity contribution in [3.63, 3.8) is 0 Å². The lowest BCUT2D eigenvalue weighted by molar-refractivity contribution is 0.102. The number of amides is 1. The number of carbonyl (C=O) groups is 1. The van der Waals surface area contributed by atoms with Crippen molar-refractivity contribution in [3.8, 4) is 0 Å². The number of anilines is 2. The van der Waals surface area contributed by atoms with Gasteiger partial charge in [0.1, 0.15) is 11.6 Å². The van der Waals surface area contributed by atoms with E-state index in [1.807, 2.05) is 0 Å². The molecule has 0 bridgehead atoms. The van der Waals surface area contributed by atoms with E-state index in [2.05, 4.69) is 10.6 Å². The van der Waals surface area contributed by atoms with Crippen molar-refractivity contribution in [2.45, 2.75) is 18.9 Å². The summed E-state index contributed by atoms with van der Waals surface area (Å²) >= 11 is 0. The molecular weight excluding hydrogens is 314 g/mol. The van der Waals surface area contributed by atoms with Gasteiger partial charge in [0.15, 0.2) is 0 Å². The summed E-state index contributed by atoms with van der Waals surface area (Å²) in [5.41, 5.74) is 0.524. The van der Waals surface area contributed by atoms with E-state index in [9.17, 15) is 13.6 Å². The smallest absolute Gasteiger partial charge is 0.258 e. The van der Waals surface area contributed by atoms with Gasteiger partial charge in [-0.1, -0.05) is 12.1 Å². The van der Waals surface area contributed by atoms with Gasteiger partial charge in [0.25, 0.3) is 5.91 Å². The molecule has 0 spiro atoms. The number of halogens is 2. The van der Waals surface area contributed by atoms with Crippen molar-refractivity contribution in [2.24, 2.45) is 0 Å². The normalized spacial score (nSPS) is 16.8.